The maximum Gasteiger partial charge on any atom is 0.107 e. The molecule has 1 nitrogen and oxygen atoms in total. The van der Waals surface area contributed by atoms with Gasteiger partial charge >= 0.3 is 0 Å². The Balaban J connectivity index is 2.32. The first-order valence-corrected chi connectivity index (χ1v) is 3.95. The molecular formula is CH2OP2. The van der Waals surface area contributed by atoms with E-state index in [-0.39, 0.29) is 0 Å². The van der Waals surface area contributed by atoms with E-state index in [1.54, 1.807) is 0 Å². The molecule has 3 heteroatoms. The number of rotatable bonds is 0. The Morgan fingerprint density at radius 3 is 2.25 bits per heavy atom. The van der Waals surface area contributed by atoms with Gasteiger partial charge in [0.05, 0.1) is 0 Å². The Hall–Kier alpha value is 0.560. The molecule has 0 radical (unpaired) electrons. The molecular weight excluding hydrogens is 90.0 g/mol. The van der Waals surface area contributed by atoms with E-state index in [2.05, 4.69) is 0 Å². The van der Waals surface area contributed by atoms with Crippen LogP contribution in [-0.2, 0) is 0 Å². The lowest BCUT2D eigenvalue weighted by atomic mass is 11.9. The van der Waals surface area contributed by atoms with E-state index in [4.69, 9.17) is 4.89 Å². The van der Waals surface area contributed by atoms with Crippen LogP contribution in [-0.4, -0.2) is 10.4 Å². The van der Waals surface area contributed by atoms with E-state index in [0.717, 1.165) is 7.89 Å². The van der Waals surface area contributed by atoms with Crippen molar-refractivity contribution < 1.29 is 4.89 Å². The summed E-state index contributed by atoms with van der Waals surface area (Å²) in [5.74, 6) is 0. The van der Waals surface area contributed by atoms with Crippen molar-refractivity contribution in [3.63, 3.8) is 0 Å². The zero-order valence-corrected chi connectivity index (χ0v) is 3.71. The van der Waals surface area contributed by atoms with Gasteiger partial charge in [0.25, 0.3) is 0 Å². The topological polar surface area (TPSA) is 20.2 Å². The predicted molar refractivity (Wildman–Crippen MR) is 22.1 cm³/mol. The minimum Gasteiger partial charge on any atom is -0.361 e. The van der Waals surface area contributed by atoms with Crippen molar-refractivity contribution in [2.75, 3.05) is 0 Å². The molecule has 0 aromatic rings. The summed E-state index contributed by atoms with van der Waals surface area (Å²) in [6.45, 7) is 0. The fourth-order valence-electron chi connectivity index (χ4n) is 0.0231. The van der Waals surface area contributed by atoms with Crippen molar-refractivity contribution in [2.24, 2.45) is 0 Å². The van der Waals surface area contributed by atoms with Gasteiger partial charge in [-0.1, -0.05) is 0 Å². The third-order valence-corrected chi connectivity index (χ3v) is 1.97. The monoisotopic (exact) mass is 92.0 g/mol. The lowest BCUT2D eigenvalue weighted by molar-refractivity contribution is 0.655. The van der Waals surface area contributed by atoms with Gasteiger partial charge < -0.3 is 4.89 Å². The van der Waals surface area contributed by atoms with E-state index in [9.17, 15) is 0 Å². The Morgan fingerprint density at radius 1 is 2.00 bits per heavy atom. The third-order valence-electron chi connectivity index (χ3n) is 0.219. The van der Waals surface area contributed by atoms with E-state index >= 15 is 0 Å². The summed E-state index contributed by atoms with van der Waals surface area (Å²) in [4.78, 5) is 8.16. The highest BCUT2D eigenvalue weighted by Crippen LogP contribution is 2.57. The Kier molecular flexibility index (Phi) is 0.524. The Labute approximate surface area is 27.2 Å². The molecule has 0 aromatic carbocycles. The molecule has 0 amide bonds. The molecule has 1 atom stereocenters. The molecule has 1 aliphatic heterocycles. The van der Waals surface area contributed by atoms with Crippen LogP contribution in [0.15, 0.2) is 0 Å². The normalized spacial score (nSPS) is 39.8. The van der Waals surface area contributed by atoms with Crippen molar-refractivity contribution in [3.05, 3.63) is 0 Å². The molecule has 1 unspecified atom stereocenters. The van der Waals surface area contributed by atoms with Gasteiger partial charge in [-0.3, -0.25) is 0 Å². The smallest absolute Gasteiger partial charge is 0.107 e. The summed E-state index contributed by atoms with van der Waals surface area (Å²) in [6, 6.07) is 0. The van der Waals surface area contributed by atoms with Crippen molar-refractivity contribution in [2.45, 2.75) is 0 Å². The second-order valence-electron chi connectivity index (χ2n) is 0.551. The minimum absolute atomic E-state index is 0.523. The van der Waals surface area contributed by atoms with Crippen molar-refractivity contribution in [1.82, 2.24) is 0 Å². The molecule has 22 valence electrons. The summed E-state index contributed by atoms with van der Waals surface area (Å²) in [5, 5.41) is 0. The van der Waals surface area contributed by atoms with Crippen LogP contribution < -0.4 is 0 Å². The lowest BCUT2D eigenvalue weighted by Gasteiger charge is -1.59. The lowest BCUT2D eigenvalue weighted by Crippen LogP contribution is -1.25. The maximum absolute atomic E-state index is 8.16. The summed E-state index contributed by atoms with van der Waals surface area (Å²) in [7, 11) is 0.637. The number of hydrogen-bond acceptors (Lipinski definition) is 1. The maximum atomic E-state index is 8.16. The highest BCUT2D eigenvalue weighted by atomic mass is 32.1. The molecule has 0 saturated heterocycles. The van der Waals surface area contributed by atoms with Crippen LogP contribution in [0.25, 0.3) is 0 Å². The summed E-state index contributed by atoms with van der Waals surface area (Å²) < 4.78 is 0. The van der Waals surface area contributed by atoms with E-state index < -0.39 is 7.84 Å². The van der Waals surface area contributed by atoms with Crippen LogP contribution in [0, 0.1) is 0 Å². The molecule has 4 heavy (non-hydrogen) atoms. The Morgan fingerprint density at radius 2 is 2.25 bits per heavy atom. The van der Waals surface area contributed by atoms with Gasteiger partial charge in [0.2, 0.25) is 0 Å². The van der Waals surface area contributed by atoms with E-state index in [1.807, 2.05) is 5.54 Å². The molecule has 1 aliphatic rings. The molecule has 1 heterocycles. The van der Waals surface area contributed by atoms with Gasteiger partial charge in [-0.05, 0) is 7.89 Å². The van der Waals surface area contributed by atoms with Gasteiger partial charge in [-0.2, -0.15) is 0 Å². The predicted octanol–water partition coefficient (Wildman–Crippen LogP) is 1.01. The van der Waals surface area contributed by atoms with Gasteiger partial charge in [-0.25, -0.2) is 0 Å². The van der Waals surface area contributed by atoms with E-state index in [0.29, 0.717) is 0 Å². The van der Waals surface area contributed by atoms with Crippen molar-refractivity contribution >= 4 is 21.3 Å². The van der Waals surface area contributed by atoms with Crippen LogP contribution in [0.3, 0.4) is 0 Å². The molecule has 0 bridgehead atoms. The first kappa shape index (κ1) is 2.78. The highest BCUT2D eigenvalue weighted by molar-refractivity contribution is 8.42. The van der Waals surface area contributed by atoms with Gasteiger partial charge in [0.1, 0.15) is 7.84 Å². The molecule has 1 N–H and O–H groups in total. The summed E-state index contributed by atoms with van der Waals surface area (Å²) in [6.07, 6.45) is 0. The van der Waals surface area contributed by atoms with E-state index in [1.165, 1.54) is 0 Å². The largest absolute Gasteiger partial charge is 0.361 e. The quantitative estimate of drug-likeness (QED) is 0.442. The number of hydrogen-bond donors (Lipinski definition) is 1. The van der Waals surface area contributed by atoms with Crippen LogP contribution in [0.2, 0.25) is 0 Å². The zero-order valence-electron chi connectivity index (χ0n) is 1.92. The van der Waals surface area contributed by atoms with Gasteiger partial charge in [0.15, 0.2) is 0 Å². The standard InChI is InChI=1S/CH2OP2/c2-4-1-3-4/h1-2H. The third kappa shape index (κ3) is 0.492. The summed E-state index contributed by atoms with van der Waals surface area (Å²) >= 11 is 0. The summed E-state index contributed by atoms with van der Waals surface area (Å²) in [5.41, 5.74) is 1.88. The molecule has 0 aliphatic carbocycles. The second kappa shape index (κ2) is 0.755. The first-order valence-electron chi connectivity index (χ1n) is 0.916. The molecule has 1 rings (SSSR count). The van der Waals surface area contributed by atoms with Crippen molar-refractivity contribution in [3.8, 4) is 0 Å². The fourth-order valence-corrected chi connectivity index (χ4v) is 0.624. The van der Waals surface area contributed by atoms with Crippen LogP contribution in [0.1, 0.15) is 0 Å². The second-order valence-corrected chi connectivity index (χ2v) is 4.27. The van der Waals surface area contributed by atoms with Crippen molar-refractivity contribution in [1.29, 1.82) is 0 Å². The van der Waals surface area contributed by atoms with Gasteiger partial charge in [0, 0.05) is 5.54 Å². The average molecular weight is 92.0 g/mol. The molecule has 0 fully saturated rings. The minimum atomic E-state index is -0.523. The van der Waals surface area contributed by atoms with Crippen LogP contribution in [0.5, 0.6) is 0 Å². The SMILES string of the molecule is OP1C=P1. The molecule has 0 aromatic heterocycles. The van der Waals surface area contributed by atoms with Gasteiger partial charge in [-0.15, -0.1) is 0 Å². The zero-order chi connectivity index (χ0) is 2.99. The first-order chi connectivity index (χ1) is 1.89. The highest BCUT2D eigenvalue weighted by Gasteiger charge is 2.03. The fraction of sp³-hybridized carbons (Fsp3) is 0. The van der Waals surface area contributed by atoms with Crippen LogP contribution in [0.4, 0.5) is 0 Å². The Bertz CT molecular complexity index is 44.0. The average Bonchev–Trinajstić information content (AvgIpc) is 1.75. The molecule has 0 saturated carbocycles. The van der Waals surface area contributed by atoms with Crippen LogP contribution >= 0.6 is 15.7 Å². The molecule has 0 spiro atoms.